The smallest absolute Gasteiger partial charge is 0.120 e. The van der Waals surface area contributed by atoms with Crippen LogP contribution in [0.25, 0.3) is 0 Å². The third kappa shape index (κ3) is 3.00. The molecule has 0 spiro atoms. The van der Waals surface area contributed by atoms with E-state index in [1.54, 1.807) is 18.0 Å². The molecule has 0 saturated heterocycles. The van der Waals surface area contributed by atoms with Crippen LogP contribution in [0.1, 0.15) is 5.56 Å². The summed E-state index contributed by atoms with van der Waals surface area (Å²) in [6.45, 7) is 0.561. The van der Waals surface area contributed by atoms with Crippen molar-refractivity contribution in [3.63, 3.8) is 0 Å². The van der Waals surface area contributed by atoms with Gasteiger partial charge in [-0.05, 0) is 30.5 Å². The number of aromatic nitrogens is 1. The lowest BCUT2D eigenvalue weighted by Gasteiger charge is -2.06. The molecule has 3 heteroatoms. The molecule has 0 aliphatic rings. The van der Waals surface area contributed by atoms with Gasteiger partial charge in [0.1, 0.15) is 12.4 Å². The predicted octanol–water partition coefficient (Wildman–Crippen LogP) is 3.38. The summed E-state index contributed by atoms with van der Waals surface area (Å²) in [7, 11) is 0. The van der Waals surface area contributed by atoms with Gasteiger partial charge in [0.25, 0.3) is 0 Å². The molecule has 0 aliphatic heterocycles. The van der Waals surface area contributed by atoms with E-state index in [1.165, 1.54) is 4.90 Å². The lowest BCUT2D eigenvalue weighted by Crippen LogP contribution is -1.95. The summed E-state index contributed by atoms with van der Waals surface area (Å²) in [5.74, 6) is 0.899. The SMILES string of the molecule is CSc1cccc(OCc2cccnc2)c1. The van der Waals surface area contributed by atoms with Crippen molar-refractivity contribution in [1.82, 2.24) is 4.98 Å². The van der Waals surface area contributed by atoms with Crippen LogP contribution in [0, 0.1) is 0 Å². The molecule has 0 N–H and O–H groups in total. The van der Waals surface area contributed by atoms with Gasteiger partial charge in [0.2, 0.25) is 0 Å². The zero-order valence-corrected chi connectivity index (χ0v) is 9.91. The molecule has 0 amide bonds. The Labute approximate surface area is 99.7 Å². The fourth-order valence-electron chi connectivity index (χ4n) is 1.34. The summed E-state index contributed by atoms with van der Waals surface area (Å²) in [5.41, 5.74) is 1.08. The Morgan fingerprint density at radius 3 is 2.94 bits per heavy atom. The Kier molecular flexibility index (Phi) is 3.83. The van der Waals surface area contributed by atoms with E-state index in [4.69, 9.17) is 4.74 Å². The molecule has 1 aromatic carbocycles. The fraction of sp³-hybridized carbons (Fsp3) is 0.154. The minimum absolute atomic E-state index is 0.561. The first-order chi connectivity index (χ1) is 7.88. The summed E-state index contributed by atoms with van der Waals surface area (Å²) >= 11 is 1.71. The van der Waals surface area contributed by atoms with Crippen LogP contribution >= 0.6 is 11.8 Å². The monoisotopic (exact) mass is 231 g/mol. The standard InChI is InChI=1S/C13H13NOS/c1-16-13-6-2-5-12(8-13)15-10-11-4-3-7-14-9-11/h2-9H,10H2,1H3. The lowest BCUT2D eigenvalue weighted by atomic mass is 10.3. The van der Waals surface area contributed by atoms with Gasteiger partial charge < -0.3 is 4.74 Å². The predicted molar refractivity (Wildman–Crippen MR) is 66.8 cm³/mol. The third-order valence-electron chi connectivity index (χ3n) is 2.17. The molecule has 0 radical (unpaired) electrons. The second-order valence-corrected chi connectivity index (χ2v) is 4.21. The van der Waals surface area contributed by atoms with Crippen LogP contribution in [0.3, 0.4) is 0 Å². The van der Waals surface area contributed by atoms with Crippen molar-refractivity contribution in [1.29, 1.82) is 0 Å². The molecule has 0 unspecified atom stereocenters. The van der Waals surface area contributed by atoms with Crippen molar-refractivity contribution in [2.45, 2.75) is 11.5 Å². The topological polar surface area (TPSA) is 22.1 Å². The minimum Gasteiger partial charge on any atom is -0.489 e. The van der Waals surface area contributed by atoms with Crippen molar-refractivity contribution >= 4 is 11.8 Å². The number of pyridine rings is 1. The van der Waals surface area contributed by atoms with Crippen molar-refractivity contribution in [2.24, 2.45) is 0 Å². The van der Waals surface area contributed by atoms with Crippen LogP contribution in [0.15, 0.2) is 53.7 Å². The molecule has 0 saturated carbocycles. The second-order valence-electron chi connectivity index (χ2n) is 3.33. The highest BCUT2D eigenvalue weighted by Crippen LogP contribution is 2.21. The highest BCUT2D eigenvalue weighted by molar-refractivity contribution is 7.98. The van der Waals surface area contributed by atoms with Gasteiger partial charge in [0.05, 0.1) is 0 Å². The van der Waals surface area contributed by atoms with Crippen LogP contribution in [-0.2, 0) is 6.61 Å². The average Bonchev–Trinajstić information content (AvgIpc) is 2.38. The van der Waals surface area contributed by atoms with Crippen LogP contribution in [0.2, 0.25) is 0 Å². The maximum atomic E-state index is 5.68. The molecular formula is C13H13NOS. The summed E-state index contributed by atoms with van der Waals surface area (Å²) in [6.07, 6.45) is 5.64. The Balaban J connectivity index is 1.99. The largest absolute Gasteiger partial charge is 0.489 e. The van der Waals surface area contributed by atoms with Gasteiger partial charge in [-0.1, -0.05) is 12.1 Å². The van der Waals surface area contributed by atoms with Crippen molar-refractivity contribution in [3.8, 4) is 5.75 Å². The van der Waals surface area contributed by atoms with Crippen LogP contribution in [-0.4, -0.2) is 11.2 Å². The quantitative estimate of drug-likeness (QED) is 0.753. The summed E-state index contributed by atoms with van der Waals surface area (Å²) < 4.78 is 5.68. The van der Waals surface area contributed by atoms with E-state index in [1.807, 2.05) is 36.5 Å². The molecule has 1 heterocycles. The van der Waals surface area contributed by atoms with E-state index in [9.17, 15) is 0 Å². The summed E-state index contributed by atoms with van der Waals surface area (Å²) in [6, 6.07) is 12.0. The normalized spacial score (nSPS) is 10.1. The fourth-order valence-corrected chi connectivity index (χ4v) is 1.79. The number of ether oxygens (including phenoxy) is 1. The van der Waals surface area contributed by atoms with Crippen molar-refractivity contribution in [3.05, 3.63) is 54.4 Å². The maximum Gasteiger partial charge on any atom is 0.120 e. The highest BCUT2D eigenvalue weighted by Gasteiger charge is 1.97. The minimum atomic E-state index is 0.561. The van der Waals surface area contributed by atoms with Crippen molar-refractivity contribution < 1.29 is 4.74 Å². The van der Waals surface area contributed by atoms with Crippen molar-refractivity contribution in [2.75, 3.05) is 6.26 Å². The zero-order valence-electron chi connectivity index (χ0n) is 9.09. The van der Waals surface area contributed by atoms with Gasteiger partial charge in [0.15, 0.2) is 0 Å². The average molecular weight is 231 g/mol. The maximum absolute atomic E-state index is 5.68. The molecule has 2 aromatic rings. The van der Waals surface area contributed by atoms with E-state index in [-0.39, 0.29) is 0 Å². The van der Waals surface area contributed by atoms with E-state index >= 15 is 0 Å². The molecule has 0 aliphatic carbocycles. The molecule has 0 bridgehead atoms. The zero-order chi connectivity index (χ0) is 11.2. The van der Waals surface area contributed by atoms with Gasteiger partial charge in [-0.3, -0.25) is 4.98 Å². The van der Waals surface area contributed by atoms with Gasteiger partial charge in [-0.15, -0.1) is 11.8 Å². The second kappa shape index (κ2) is 5.56. The molecule has 0 atom stereocenters. The number of hydrogen-bond acceptors (Lipinski definition) is 3. The van der Waals surface area contributed by atoms with E-state index in [0.29, 0.717) is 6.61 Å². The lowest BCUT2D eigenvalue weighted by molar-refractivity contribution is 0.305. The van der Waals surface area contributed by atoms with E-state index < -0.39 is 0 Å². The number of benzene rings is 1. The highest BCUT2D eigenvalue weighted by atomic mass is 32.2. The third-order valence-corrected chi connectivity index (χ3v) is 2.89. The molecule has 2 rings (SSSR count). The summed E-state index contributed by atoms with van der Waals surface area (Å²) in [4.78, 5) is 5.26. The van der Waals surface area contributed by atoms with Crippen LogP contribution in [0.5, 0.6) is 5.75 Å². The first kappa shape index (κ1) is 11.0. The Morgan fingerprint density at radius 1 is 1.25 bits per heavy atom. The molecule has 2 nitrogen and oxygen atoms in total. The Morgan fingerprint density at radius 2 is 2.19 bits per heavy atom. The summed E-state index contributed by atoms with van der Waals surface area (Å²) in [5, 5.41) is 0. The van der Waals surface area contributed by atoms with E-state index in [2.05, 4.69) is 17.3 Å². The number of nitrogens with zero attached hydrogens (tertiary/aromatic N) is 1. The van der Waals surface area contributed by atoms with Gasteiger partial charge >= 0.3 is 0 Å². The number of thioether (sulfide) groups is 1. The number of rotatable bonds is 4. The first-order valence-electron chi connectivity index (χ1n) is 5.04. The van der Waals surface area contributed by atoms with Crippen LogP contribution in [0.4, 0.5) is 0 Å². The molecule has 82 valence electrons. The molecule has 0 fully saturated rings. The Bertz CT molecular complexity index is 445. The first-order valence-corrected chi connectivity index (χ1v) is 6.27. The van der Waals surface area contributed by atoms with Crippen LogP contribution < -0.4 is 4.74 Å². The molecule has 16 heavy (non-hydrogen) atoms. The van der Waals surface area contributed by atoms with Gasteiger partial charge in [-0.25, -0.2) is 0 Å². The van der Waals surface area contributed by atoms with E-state index in [0.717, 1.165) is 11.3 Å². The molecule has 1 aromatic heterocycles. The Hall–Kier alpha value is -1.48. The molecular weight excluding hydrogens is 218 g/mol. The van der Waals surface area contributed by atoms with Gasteiger partial charge in [0, 0.05) is 22.9 Å². The van der Waals surface area contributed by atoms with Gasteiger partial charge in [-0.2, -0.15) is 0 Å². The number of hydrogen-bond donors (Lipinski definition) is 0.